The van der Waals surface area contributed by atoms with Gasteiger partial charge in [-0.15, -0.1) is 0 Å². The molecule has 5 rings (SSSR count). The lowest BCUT2D eigenvalue weighted by molar-refractivity contribution is -0.144. The summed E-state index contributed by atoms with van der Waals surface area (Å²) in [5, 5.41) is 12.2. The van der Waals surface area contributed by atoms with Gasteiger partial charge in [-0.2, -0.15) is 0 Å². The molecule has 2 amide bonds. The van der Waals surface area contributed by atoms with Gasteiger partial charge in [-0.1, -0.05) is 48.5 Å². The van der Waals surface area contributed by atoms with Crippen LogP contribution < -0.4 is 5.32 Å². The summed E-state index contributed by atoms with van der Waals surface area (Å²) in [5.74, 6) is -0.648. The van der Waals surface area contributed by atoms with Crippen LogP contribution in [0.15, 0.2) is 48.5 Å². The van der Waals surface area contributed by atoms with Crippen LogP contribution in [0.5, 0.6) is 0 Å². The summed E-state index contributed by atoms with van der Waals surface area (Å²) in [6, 6.07) is 16.3. The zero-order valence-corrected chi connectivity index (χ0v) is 19.3. The highest BCUT2D eigenvalue weighted by atomic mass is 16.5. The number of alkyl carbamates (subject to hydrolysis) is 1. The van der Waals surface area contributed by atoms with Crippen molar-refractivity contribution in [1.82, 2.24) is 10.2 Å². The molecule has 2 fully saturated rings. The average molecular weight is 463 g/mol. The van der Waals surface area contributed by atoms with E-state index in [9.17, 15) is 19.5 Å². The van der Waals surface area contributed by atoms with Gasteiger partial charge < -0.3 is 20.1 Å². The van der Waals surface area contributed by atoms with Crippen LogP contribution in [0.4, 0.5) is 4.79 Å². The molecule has 1 heterocycles. The number of rotatable bonds is 8. The monoisotopic (exact) mass is 462 g/mol. The van der Waals surface area contributed by atoms with Crippen molar-refractivity contribution >= 4 is 18.0 Å². The van der Waals surface area contributed by atoms with Gasteiger partial charge in [0.1, 0.15) is 6.61 Å². The number of piperidine rings is 1. The minimum atomic E-state index is -0.784. The number of fused-ring (bicyclic) bond motifs is 4. The number of carboxylic acids is 1. The van der Waals surface area contributed by atoms with E-state index < -0.39 is 17.5 Å². The molecule has 7 heteroatoms. The van der Waals surface area contributed by atoms with Crippen LogP contribution in [-0.4, -0.2) is 53.7 Å². The molecule has 34 heavy (non-hydrogen) atoms. The maximum Gasteiger partial charge on any atom is 0.407 e. The Kier molecular flexibility index (Phi) is 5.80. The van der Waals surface area contributed by atoms with Gasteiger partial charge in [0.05, 0.1) is 5.41 Å². The van der Waals surface area contributed by atoms with E-state index in [0.717, 1.165) is 0 Å². The van der Waals surface area contributed by atoms with Crippen molar-refractivity contribution in [3.63, 3.8) is 0 Å². The first-order chi connectivity index (χ1) is 16.4. The fourth-order valence-electron chi connectivity index (χ4n) is 5.64. The number of carboxylic acid groups (broad SMARTS) is 1. The molecular weight excluding hydrogens is 432 g/mol. The maximum atomic E-state index is 12.5. The molecule has 7 nitrogen and oxygen atoms in total. The molecule has 3 unspecified atom stereocenters. The van der Waals surface area contributed by atoms with Gasteiger partial charge in [0.25, 0.3) is 0 Å². The summed E-state index contributed by atoms with van der Waals surface area (Å²) in [6.45, 7) is 3.06. The van der Waals surface area contributed by atoms with Crippen molar-refractivity contribution in [2.45, 2.75) is 44.6 Å². The van der Waals surface area contributed by atoms with Gasteiger partial charge in [-0.3, -0.25) is 9.59 Å². The molecule has 2 aliphatic carbocycles. The number of hydrogen-bond acceptors (Lipinski definition) is 4. The fraction of sp³-hybridized carbons (Fsp3) is 0.444. The summed E-state index contributed by atoms with van der Waals surface area (Å²) in [6.07, 6.45) is 1.87. The van der Waals surface area contributed by atoms with E-state index in [1.54, 1.807) is 4.90 Å². The number of amides is 2. The molecule has 1 aliphatic heterocycles. The third-order valence-electron chi connectivity index (χ3n) is 7.66. The summed E-state index contributed by atoms with van der Waals surface area (Å²) in [7, 11) is 0. The molecule has 178 valence electrons. The van der Waals surface area contributed by atoms with E-state index in [4.69, 9.17) is 4.74 Å². The van der Waals surface area contributed by atoms with Gasteiger partial charge in [0.2, 0.25) is 5.91 Å². The zero-order valence-electron chi connectivity index (χ0n) is 19.3. The topological polar surface area (TPSA) is 95.9 Å². The first kappa shape index (κ1) is 22.4. The lowest BCUT2D eigenvalue weighted by Crippen LogP contribution is -2.35. The molecular formula is C27H30N2O5. The second kappa shape index (κ2) is 8.78. The molecule has 2 N–H and O–H groups in total. The van der Waals surface area contributed by atoms with Gasteiger partial charge >= 0.3 is 12.1 Å². The van der Waals surface area contributed by atoms with E-state index in [2.05, 4.69) is 29.6 Å². The Bertz CT molecular complexity index is 1090. The molecule has 2 aromatic carbocycles. The van der Waals surface area contributed by atoms with E-state index in [1.807, 2.05) is 31.2 Å². The standard InChI is InChI=1S/C27H30N2O5/c1-17(7-6-12-24(30)29-14-18-13-27(18,16-29)25(31)32)28-26(33)34-15-23-21-10-4-2-8-19(21)20-9-3-5-11-22(20)23/h2-5,8-11,17-18,23H,6-7,12-16H2,1H3,(H,28,33)(H,31,32). The van der Waals surface area contributed by atoms with Crippen molar-refractivity contribution in [2.24, 2.45) is 11.3 Å². The van der Waals surface area contributed by atoms with Crippen LogP contribution in [0, 0.1) is 11.3 Å². The second-order valence-corrected chi connectivity index (χ2v) is 9.90. The molecule has 0 radical (unpaired) electrons. The number of nitrogens with one attached hydrogen (secondary N) is 1. The Morgan fingerprint density at radius 2 is 1.76 bits per heavy atom. The maximum absolute atomic E-state index is 12.5. The van der Waals surface area contributed by atoms with Gasteiger partial charge in [-0.05, 0) is 54.4 Å². The Morgan fingerprint density at radius 1 is 1.12 bits per heavy atom. The van der Waals surface area contributed by atoms with Crippen LogP contribution in [0.1, 0.15) is 49.7 Å². The number of likely N-dealkylation sites (tertiary alicyclic amines) is 1. The van der Waals surface area contributed by atoms with E-state index in [-0.39, 0.29) is 30.4 Å². The predicted molar refractivity (Wildman–Crippen MR) is 126 cm³/mol. The largest absolute Gasteiger partial charge is 0.481 e. The first-order valence-corrected chi connectivity index (χ1v) is 12.0. The number of carbonyl (C=O) groups is 3. The van der Waals surface area contributed by atoms with Crippen LogP contribution >= 0.6 is 0 Å². The number of nitrogens with zero attached hydrogens (tertiary/aromatic N) is 1. The Hall–Kier alpha value is -3.35. The molecule has 0 aromatic heterocycles. The SMILES string of the molecule is CC(CCCC(=O)N1CC2CC2(C(=O)O)C1)NC(=O)OCC1c2ccccc2-c2ccccc21. The van der Waals surface area contributed by atoms with Crippen molar-refractivity contribution < 1.29 is 24.2 Å². The Labute approximate surface area is 199 Å². The van der Waals surface area contributed by atoms with E-state index >= 15 is 0 Å². The minimum absolute atomic E-state index is 0.00108. The van der Waals surface area contributed by atoms with Crippen LogP contribution in [0.25, 0.3) is 11.1 Å². The van der Waals surface area contributed by atoms with E-state index in [0.29, 0.717) is 38.8 Å². The number of carbonyl (C=O) groups excluding carboxylic acids is 2. The van der Waals surface area contributed by atoms with Gasteiger partial charge in [0.15, 0.2) is 0 Å². The van der Waals surface area contributed by atoms with Crippen molar-refractivity contribution in [2.75, 3.05) is 19.7 Å². The molecule has 3 atom stereocenters. The quantitative estimate of drug-likeness (QED) is 0.618. The third kappa shape index (κ3) is 4.04. The average Bonchev–Trinajstić information content (AvgIpc) is 3.25. The smallest absolute Gasteiger partial charge is 0.407 e. The highest BCUT2D eigenvalue weighted by Crippen LogP contribution is 2.58. The molecule has 0 spiro atoms. The van der Waals surface area contributed by atoms with Crippen molar-refractivity contribution in [3.8, 4) is 11.1 Å². The summed E-state index contributed by atoms with van der Waals surface area (Å²) in [5.41, 5.74) is 4.04. The summed E-state index contributed by atoms with van der Waals surface area (Å²) >= 11 is 0. The predicted octanol–water partition coefficient (Wildman–Crippen LogP) is 4.02. The Morgan fingerprint density at radius 3 is 2.38 bits per heavy atom. The first-order valence-electron chi connectivity index (χ1n) is 12.0. The van der Waals surface area contributed by atoms with Crippen LogP contribution in [0.3, 0.4) is 0 Å². The highest BCUT2D eigenvalue weighted by Gasteiger charge is 2.66. The Balaban J connectivity index is 1.06. The van der Waals surface area contributed by atoms with E-state index in [1.165, 1.54) is 22.3 Å². The van der Waals surface area contributed by atoms with Crippen molar-refractivity contribution in [3.05, 3.63) is 59.7 Å². The lowest BCUT2D eigenvalue weighted by Gasteiger charge is -2.20. The molecule has 3 aliphatic rings. The number of ether oxygens (including phenoxy) is 1. The van der Waals surface area contributed by atoms with Crippen molar-refractivity contribution in [1.29, 1.82) is 0 Å². The lowest BCUT2D eigenvalue weighted by atomic mass is 9.98. The summed E-state index contributed by atoms with van der Waals surface area (Å²) < 4.78 is 5.59. The fourth-order valence-corrected chi connectivity index (χ4v) is 5.64. The van der Waals surface area contributed by atoms with Crippen LogP contribution in [0.2, 0.25) is 0 Å². The second-order valence-electron chi connectivity index (χ2n) is 9.90. The number of aliphatic carboxylic acids is 1. The van der Waals surface area contributed by atoms with Gasteiger partial charge in [0, 0.05) is 31.5 Å². The van der Waals surface area contributed by atoms with Gasteiger partial charge in [-0.25, -0.2) is 4.79 Å². The molecule has 1 saturated heterocycles. The number of benzene rings is 2. The zero-order chi connectivity index (χ0) is 23.9. The van der Waals surface area contributed by atoms with Crippen LogP contribution in [-0.2, 0) is 14.3 Å². The summed E-state index contributed by atoms with van der Waals surface area (Å²) in [4.78, 5) is 38.0. The number of hydrogen-bond donors (Lipinski definition) is 2. The molecule has 0 bridgehead atoms. The molecule has 1 saturated carbocycles. The molecule has 2 aromatic rings. The third-order valence-corrected chi connectivity index (χ3v) is 7.66. The highest BCUT2D eigenvalue weighted by molar-refractivity contribution is 5.84. The normalized spacial score (nSPS) is 23.0. The minimum Gasteiger partial charge on any atom is -0.481 e.